The number of hydrogen-bond donors (Lipinski definition) is 1. The molecular formula is C18H22N2OS. The Kier molecular flexibility index (Phi) is 4.60. The fraction of sp³-hybridized carbons (Fsp3) is 0.389. The zero-order valence-corrected chi connectivity index (χ0v) is 13.7. The van der Waals surface area contributed by atoms with Gasteiger partial charge in [-0.3, -0.25) is 4.79 Å². The lowest BCUT2D eigenvalue weighted by molar-refractivity contribution is 0.0761. The van der Waals surface area contributed by atoms with Gasteiger partial charge in [0.1, 0.15) is 0 Å². The van der Waals surface area contributed by atoms with Crippen molar-refractivity contribution in [2.24, 2.45) is 5.73 Å². The number of carbonyl (C=O) groups is 1. The third-order valence-corrected chi connectivity index (χ3v) is 5.36. The largest absolute Gasteiger partial charge is 0.339 e. The average molecular weight is 314 g/mol. The van der Waals surface area contributed by atoms with Crippen LogP contribution >= 0.6 is 11.3 Å². The molecule has 2 aromatic rings. The monoisotopic (exact) mass is 314 g/mol. The van der Waals surface area contributed by atoms with E-state index in [9.17, 15) is 4.79 Å². The summed E-state index contributed by atoms with van der Waals surface area (Å²) in [5, 5.41) is 2.09. The second kappa shape index (κ2) is 6.63. The van der Waals surface area contributed by atoms with Crippen LogP contribution in [0.4, 0.5) is 0 Å². The molecule has 0 spiro atoms. The fourth-order valence-electron chi connectivity index (χ4n) is 2.97. The maximum atomic E-state index is 12.8. The summed E-state index contributed by atoms with van der Waals surface area (Å²) in [6.45, 7) is 3.69. The van der Waals surface area contributed by atoms with E-state index in [0.29, 0.717) is 0 Å². The Labute approximate surface area is 135 Å². The van der Waals surface area contributed by atoms with E-state index in [1.54, 1.807) is 11.3 Å². The molecule has 0 radical (unpaired) electrons. The molecule has 1 aromatic heterocycles. The van der Waals surface area contributed by atoms with Crippen LogP contribution in [-0.2, 0) is 0 Å². The summed E-state index contributed by atoms with van der Waals surface area (Å²) in [7, 11) is 0. The van der Waals surface area contributed by atoms with Gasteiger partial charge >= 0.3 is 0 Å². The van der Waals surface area contributed by atoms with E-state index in [0.717, 1.165) is 43.5 Å². The molecule has 1 atom stereocenters. The zero-order chi connectivity index (χ0) is 15.5. The molecule has 2 N–H and O–H groups in total. The normalized spacial score (nSPS) is 19.0. The number of thiophene rings is 1. The van der Waals surface area contributed by atoms with Crippen LogP contribution in [0.2, 0.25) is 0 Å². The number of amides is 1. The highest BCUT2D eigenvalue weighted by Crippen LogP contribution is 2.29. The summed E-state index contributed by atoms with van der Waals surface area (Å²) in [6, 6.07) is 10.3. The number of rotatable bonds is 2. The summed E-state index contributed by atoms with van der Waals surface area (Å²) in [4.78, 5) is 15.9. The van der Waals surface area contributed by atoms with Crippen LogP contribution in [-0.4, -0.2) is 29.9 Å². The van der Waals surface area contributed by atoms with Gasteiger partial charge in [-0.1, -0.05) is 12.1 Å². The summed E-state index contributed by atoms with van der Waals surface area (Å²) in [5.41, 5.74) is 9.17. The van der Waals surface area contributed by atoms with Gasteiger partial charge in [0.05, 0.1) is 0 Å². The SMILES string of the molecule is Cc1ccsc1-c1cccc(C(=O)N2CCC[C@@H](N)CC2)c1. The van der Waals surface area contributed by atoms with Crippen molar-refractivity contribution in [3.05, 3.63) is 46.8 Å². The van der Waals surface area contributed by atoms with Crippen LogP contribution in [0.5, 0.6) is 0 Å². The molecule has 0 saturated carbocycles. The van der Waals surface area contributed by atoms with Crippen LogP contribution in [0.25, 0.3) is 10.4 Å². The van der Waals surface area contributed by atoms with Crippen molar-refractivity contribution in [1.29, 1.82) is 0 Å². The maximum Gasteiger partial charge on any atom is 0.253 e. The Balaban J connectivity index is 1.82. The third-order valence-electron chi connectivity index (χ3n) is 4.29. The molecule has 1 fully saturated rings. The minimum atomic E-state index is 0.130. The molecule has 3 rings (SSSR count). The van der Waals surface area contributed by atoms with E-state index < -0.39 is 0 Å². The van der Waals surface area contributed by atoms with Crippen LogP contribution in [0, 0.1) is 6.92 Å². The Morgan fingerprint density at radius 2 is 2.14 bits per heavy atom. The van der Waals surface area contributed by atoms with Crippen molar-refractivity contribution < 1.29 is 4.79 Å². The molecule has 0 unspecified atom stereocenters. The molecule has 1 amide bonds. The molecule has 1 aromatic carbocycles. The second-order valence-corrected chi connectivity index (χ2v) is 6.91. The molecule has 0 bridgehead atoms. The number of nitrogens with two attached hydrogens (primary N) is 1. The lowest BCUT2D eigenvalue weighted by atomic mass is 10.1. The first-order valence-electron chi connectivity index (χ1n) is 7.84. The molecule has 4 heteroatoms. The van der Waals surface area contributed by atoms with Crippen LogP contribution in [0.1, 0.15) is 35.2 Å². The van der Waals surface area contributed by atoms with Gasteiger partial charge in [-0.2, -0.15) is 0 Å². The molecule has 2 heterocycles. The number of hydrogen-bond acceptors (Lipinski definition) is 3. The Morgan fingerprint density at radius 3 is 2.91 bits per heavy atom. The molecule has 1 aliphatic rings. The van der Waals surface area contributed by atoms with Gasteiger partial charge in [-0.15, -0.1) is 11.3 Å². The standard InChI is InChI=1S/C18H22N2OS/c1-13-8-11-22-17(13)14-4-2-5-15(12-14)18(21)20-9-3-6-16(19)7-10-20/h2,4-5,8,11-12,16H,3,6-7,9-10,19H2,1H3/t16-/m1/s1. The van der Waals surface area contributed by atoms with Gasteiger partial charge in [-0.05, 0) is 60.9 Å². The number of carbonyl (C=O) groups excluding carboxylic acids is 1. The van der Waals surface area contributed by atoms with E-state index in [-0.39, 0.29) is 11.9 Å². The predicted octanol–water partition coefficient (Wildman–Crippen LogP) is 3.68. The van der Waals surface area contributed by atoms with Crippen molar-refractivity contribution >= 4 is 17.2 Å². The van der Waals surface area contributed by atoms with Crippen molar-refractivity contribution in [3.8, 4) is 10.4 Å². The maximum absolute atomic E-state index is 12.8. The Hall–Kier alpha value is -1.65. The van der Waals surface area contributed by atoms with Gasteiger partial charge in [-0.25, -0.2) is 0 Å². The first-order valence-corrected chi connectivity index (χ1v) is 8.72. The first kappa shape index (κ1) is 15.3. The lowest BCUT2D eigenvalue weighted by Gasteiger charge is -2.20. The first-order chi connectivity index (χ1) is 10.6. The van der Waals surface area contributed by atoms with E-state index >= 15 is 0 Å². The summed E-state index contributed by atoms with van der Waals surface area (Å²) in [5.74, 6) is 0.130. The van der Waals surface area contributed by atoms with Crippen LogP contribution in [0.15, 0.2) is 35.7 Å². The van der Waals surface area contributed by atoms with E-state index in [1.165, 1.54) is 10.4 Å². The number of nitrogens with zero attached hydrogens (tertiary/aromatic N) is 1. The number of aryl methyl sites for hydroxylation is 1. The molecule has 1 aliphatic heterocycles. The van der Waals surface area contributed by atoms with Crippen LogP contribution < -0.4 is 5.73 Å². The van der Waals surface area contributed by atoms with Crippen LogP contribution in [0.3, 0.4) is 0 Å². The van der Waals surface area contributed by atoms with Crippen molar-refractivity contribution in [2.45, 2.75) is 32.2 Å². The Morgan fingerprint density at radius 1 is 1.27 bits per heavy atom. The molecular weight excluding hydrogens is 292 g/mol. The molecule has 1 saturated heterocycles. The van der Waals surface area contributed by atoms with Gasteiger partial charge in [0.2, 0.25) is 0 Å². The molecule has 116 valence electrons. The van der Waals surface area contributed by atoms with E-state index in [1.807, 2.05) is 23.1 Å². The highest BCUT2D eigenvalue weighted by molar-refractivity contribution is 7.13. The Bertz CT molecular complexity index is 665. The highest BCUT2D eigenvalue weighted by Gasteiger charge is 2.20. The van der Waals surface area contributed by atoms with Crippen molar-refractivity contribution in [1.82, 2.24) is 4.90 Å². The number of benzene rings is 1. The fourth-order valence-corrected chi connectivity index (χ4v) is 3.89. The smallest absolute Gasteiger partial charge is 0.253 e. The van der Waals surface area contributed by atoms with E-state index in [4.69, 9.17) is 5.73 Å². The van der Waals surface area contributed by atoms with Gasteiger partial charge in [0.25, 0.3) is 5.91 Å². The lowest BCUT2D eigenvalue weighted by Crippen LogP contribution is -2.32. The predicted molar refractivity (Wildman–Crippen MR) is 92.2 cm³/mol. The van der Waals surface area contributed by atoms with Crippen molar-refractivity contribution in [3.63, 3.8) is 0 Å². The van der Waals surface area contributed by atoms with Gasteiger partial charge < -0.3 is 10.6 Å². The van der Waals surface area contributed by atoms with Crippen molar-refractivity contribution in [2.75, 3.05) is 13.1 Å². The third kappa shape index (κ3) is 3.23. The average Bonchev–Trinajstić information content (AvgIpc) is 2.84. The van der Waals surface area contributed by atoms with Gasteiger partial charge in [0.15, 0.2) is 0 Å². The van der Waals surface area contributed by atoms with Gasteiger partial charge in [0, 0.05) is 29.6 Å². The summed E-state index contributed by atoms with van der Waals surface area (Å²) >= 11 is 1.72. The topological polar surface area (TPSA) is 46.3 Å². The minimum absolute atomic E-state index is 0.130. The molecule has 0 aliphatic carbocycles. The zero-order valence-electron chi connectivity index (χ0n) is 12.9. The number of likely N-dealkylation sites (tertiary alicyclic amines) is 1. The second-order valence-electron chi connectivity index (χ2n) is 6.00. The quantitative estimate of drug-likeness (QED) is 0.919. The summed E-state index contributed by atoms with van der Waals surface area (Å²) < 4.78 is 0. The summed E-state index contributed by atoms with van der Waals surface area (Å²) in [6.07, 6.45) is 2.91. The minimum Gasteiger partial charge on any atom is -0.339 e. The molecule has 3 nitrogen and oxygen atoms in total. The highest BCUT2D eigenvalue weighted by atomic mass is 32.1. The molecule has 22 heavy (non-hydrogen) atoms. The van der Waals surface area contributed by atoms with E-state index in [2.05, 4.69) is 24.4 Å².